The van der Waals surface area contributed by atoms with Crippen molar-refractivity contribution in [2.24, 2.45) is 5.92 Å². The Morgan fingerprint density at radius 3 is 2.57 bits per heavy atom. The fourth-order valence-corrected chi connectivity index (χ4v) is 2.73. The maximum absolute atomic E-state index is 12.5. The van der Waals surface area contributed by atoms with Gasteiger partial charge in [-0.2, -0.15) is 0 Å². The van der Waals surface area contributed by atoms with E-state index < -0.39 is 0 Å². The first-order valence-electron chi connectivity index (χ1n) is 7.84. The highest BCUT2D eigenvalue weighted by Crippen LogP contribution is 2.16. The van der Waals surface area contributed by atoms with Gasteiger partial charge in [-0.25, -0.2) is 0 Å². The molecule has 0 aliphatic carbocycles. The normalized spacial score (nSPS) is 16.9. The van der Waals surface area contributed by atoms with Gasteiger partial charge in [0.25, 0.3) is 0 Å². The van der Waals surface area contributed by atoms with Gasteiger partial charge in [0.2, 0.25) is 5.91 Å². The third-order valence-electron chi connectivity index (χ3n) is 4.17. The fourth-order valence-electron chi connectivity index (χ4n) is 2.73. The van der Waals surface area contributed by atoms with Crippen LogP contribution >= 0.6 is 0 Å². The third-order valence-corrected chi connectivity index (χ3v) is 4.17. The molecule has 1 aromatic rings. The smallest absolute Gasteiger partial charge is 0.237 e. The zero-order chi connectivity index (χ0) is 15.1. The average Bonchev–Trinajstić information content (AvgIpc) is 2.50. The molecule has 0 spiro atoms. The summed E-state index contributed by atoms with van der Waals surface area (Å²) in [5, 5.41) is 9.20. The standard InChI is InChI=1S/C17H26N2O2/c1-15-7-9-18(10-8-15)14-17(21)19(11-12-20)13-16-5-3-2-4-6-16/h2-6,15,20H,7-14H2,1H3. The quantitative estimate of drug-likeness (QED) is 0.868. The van der Waals surface area contributed by atoms with E-state index in [0.29, 0.717) is 19.6 Å². The molecule has 1 fully saturated rings. The van der Waals surface area contributed by atoms with Crippen LogP contribution in [0.4, 0.5) is 0 Å². The Bertz CT molecular complexity index is 428. The van der Waals surface area contributed by atoms with Gasteiger partial charge in [0.1, 0.15) is 0 Å². The van der Waals surface area contributed by atoms with E-state index in [1.165, 1.54) is 12.8 Å². The van der Waals surface area contributed by atoms with Crippen LogP contribution in [-0.2, 0) is 11.3 Å². The lowest BCUT2D eigenvalue weighted by Gasteiger charge is -2.31. The molecule has 1 aliphatic rings. The number of carbonyl (C=O) groups excluding carboxylic acids is 1. The highest BCUT2D eigenvalue weighted by atomic mass is 16.3. The summed E-state index contributed by atoms with van der Waals surface area (Å²) in [5.41, 5.74) is 1.10. The maximum atomic E-state index is 12.5. The van der Waals surface area contributed by atoms with Gasteiger partial charge in [0.15, 0.2) is 0 Å². The zero-order valence-corrected chi connectivity index (χ0v) is 12.9. The minimum Gasteiger partial charge on any atom is -0.395 e. The monoisotopic (exact) mass is 290 g/mol. The predicted octanol–water partition coefficient (Wildman–Crippen LogP) is 1.74. The van der Waals surface area contributed by atoms with Crippen LogP contribution in [0.25, 0.3) is 0 Å². The number of piperidine rings is 1. The van der Waals surface area contributed by atoms with Crippen molar-refractivity contribution in [1.82, 2.24) is 9.80 Å². The van der Waals surface area contributed by atoms with Crippen molar-refractivity contribution in [3.8, 4) is 0 Å². The Hall–Kier alpha value is -1.39. The zero-order valence-electron chi connectivity index (χ0n) is 12.9. The van der Waals surface area contributed by atoms with Gasteiger partial charge in [-0.3, -0.25) is 9.69 Å². The number of likely N-dealkylation sites (tertiary alicyclic amines) is 1. The van der Waals surface area contributed by atoms with E-state index in [2.05, 4.69) is 11.8 Å². The molecule has 0 unspecified atom stereocenters. The average molecular weight is 290 g/mol. The largest absolute Gasteiger partial charge is 0.395 e. The highest BCUT2D eigenvalue weighted by Gasteiger charge is 2.21. The molecule has 21 heavy (non-hydrogen) atoms. The number of aliphatic hydroxyl groups excluding tert-OH is 1. The molecule has 1 aliphatic heterocycles. The predicted molar refractivity (Wildman–Crippen MR) is 83.8 cm³/mol. The van der Waals surface area contributed by atoms with E-state index in [1.54, 1.807) is 4.90 Å². The third kappa shape index (κ3) is 5.14. The van der Waals surface area contributed by atoms with E-state index in [-0.39, 0.29) is 12.5 Å². The van der Waals surface area contributed by atoms with Crippen molar-refractivity contribution in [1.29, 1.82) is 0 Å². The van der Waals surface area contributed by atoms with Gasteiger partial charge in [0.05, 0.1) is 13.2 Å². The van der Waals surface area contributed by atoms with Gasteiger partial charge in [0, 0.05) is 13.1 Å². The van der Waals surface area contributed by atoms with Crippen molar-refractivity contribution >= 4 is 5.91 Å². The molecule has 1 amide bonds. The van der Waals surface area contributed by atoms with Gasteiger partial charge in [-0.05, 0) is 37.4 Å². The van der Waals surface area contributed by atoms with Crippen molar-refractivity contribution < 1.29 is 9.90 Å². The lowest BCUT2D eigenvalue weighted by molar-refractivity contribution is -0.133. The first-order valence-corrected chi connectivity index (χ1v) is 7.84. The number of aliphatic hydroxyl groups is 1. The van der Waals surface area contributed by atoms with Crippen LogP contribution < -0.4 is 0 Å². The number of carbonyl (C=O) groups is 1. The molecule has 1 aromatic carbocycles. The van der Waals surface area contributed by atoms with Crippen molar-refractivity contribution in [3.05, 3.63) is 35.9 Å². The molecule has 2 rings (SSSR count). The summed E-state index contributed by atoms with van der Waals surface area (Å²) < 4.78 is 0. The van der Waals surface area contributed by atoms with E-state index in [4.69, 9.17) is 0 Å². The topological polar surface area (TPSA) is 43.8 Å². The van der Waals surface area contributed by atoms with E-state index in [1.807, 2.05) is 30.3 Å². The van der Waals surface area contributed by atoms with Crippen LogP contribution in [0, 0.1) is 5.92 Å². The second kappa shape index (κ2) is 8.15. The Labute approximate surface area is 127 Å². The second-order valence-electron chi connectivity index (χ2n) is 5.98. The number of hydrogen-bond donors (Lipinski definition) is 1. The van der Waals surface area contributed by atoms with E-state index >= 15 is 0 Å². The van der Waals surface area contributed by atoms with Crippen molar-refractivity contribution in [3.63, 3.8) is 0 Å². The van der Waals surface area contributed by atoms with Crippen LogP contribution in [0.5, 0.6) is 0 Å². The first-order chi connectivity index (χ1) is 10.2. The Kier molecular flexibility index (Phi) is 6.21. The number of rotatable bonds is 6. The highest BCUT2D eigenvalue weighted by molar-refractivity contribution is 5.78. The minimum absolute atomic E-state index is 0.00953. The first kappa shape index (κ1) is 16.0. The van der Waals surface area contributed by atoms with Crippen molar-refractivity contribution in [2.45, 2.75) is 26.3 Å². The molecule has 116 valence electrons. The molecule has 0 aromatic heterocycles. The number of nitrogens with zero attached hydrogens (tertiary/aromatic N) is 2. The van der Waals surface area contributed by atoms with Crippen LogP contribution in [0.1, 0.15) is 25.3 Å². The van der Waals surface area contributed by atoms with Crippen LogP contribution in [-0.4, -0.2) is 53.6 Å². The summed E-state index contributed by atoms with van der Waals surface area (Å²) in [6.07, 6.45) is 2.35. The summed E-state index contributed by atoms with van der Waals surface area (Å²) in [6.45, 7) is 5.74. The number of benzene rings is 1. The Balaban J connectivity index is 1.89. The van der Waals surface area contributed by atoms with Crippen molar-refractivity contribution in [2.75, 3.05) is 32.8 Å². The van der Waals surface area contributed by atoms with Crippen LogP contribution in [0.15, 0.2) is 30.3 Å². The van der Waals surface area contributed by atoms with Gasteiger partial charge >= 0.3 is 0 Å². The molecule has 0 saturated carbocycles. The maximum Gasteiger partial charge on any atom is 0.237 e. The second-order valence-corrected chi connectivity index (χ2v) is 5.98. The fraction of sp³-hybridized carbons (Fsp3) is 0.588. The van der Waals surface area contributed by atoms with E-state index in [9.17, 15) is 9.90 Å². The Morgan fingerprint density at radius 1 is 1.29 bits per heavy atom. The summed E-state index contributed by atoms with van der Waals surface area (Å²) >= 11 is 0. The summed E-state index contributed by atoms with van der Waals surface area (Å²) in [6, 6.07) is 9.95. The Morgan fingerprint density at radius 2 is 1.95 bits per heavy atom. The summed E-state index contributed by atoms with van der Waals surface area (Å²) in [5.74, 6) is 0.886. The lowest BCUT2D eigenvalue weighted by atomic mass is 9.99. The SMILES string of the molecule is CC1CCN(CC(=O)N(CCO)Cc2ccccc2)CC1. The molecule has 4 nitrogen and oxygen atoms in total. The molecular formula is C17H26N2O2. The molecule has 1 saturated heterocycles. The van der Waals surface area contributed by atoms with Gasteiger partial charge < -0.3 is 10.0 Å². The molecule has 0 atom stereocenters. The minimum atomic E-state index is 0.00953. The number of hydrogen-bond acceptors (Lipinski definition) is 3. The molecular weight excluding hydrogens is 264 g/mol. The molecule has 1 heterocycles. The molecule has 0 radical (unpaired) electrons. The van der Waals surface area contributed by atoms with Crippen LogP contribution in [0.3, 0.4) is 0 Å². The molecule has 4 heteroatoms. The van der Waals surface area contributed by atoms with E-state index in [0.717, 1.165) is 24.6 Å². The molecule has 1 N–H and O–H groups in total. The molecule has 0 bridgehead atoms. The van der Waals surface area contributed by atoms with Gasteiger partial charge in [-0.15, -0.1) is 0 Å². The van der Waals surface area contributed by atoms with Crippen LogP contribution in [0.2, 0.25) is 0 Å². The lowest BCUT2D eigenvalue weighted by Crippen LogP contribution is -2.43. The summed E-state index contributed by atoms with van der Waals surface area (Å²) in [7, 11) is 0. The summed E-state index contributed by atoms with van der Waals surface area (Å²) in [4.78, 5) is 16.5. The van der Waals surface area contributed by atoms with Gasteiger partial charge in [-0.1, -0.05) is 37.3 Å². The number of amides is 1.